The van der Waals surface area contributed by atoms with Crippen molar-refractivity contribution in [3.8, 4) is 5.75 Å². The Kier molecular flexibility index (Phi) is 6.55. The molecule has 10 nitrogen and oxygen atoms in total. The number of halogens is 1. The molecule has 0 unspecified atom stereocenters. The van der Waals surface area contributed by atoms with Gasteiger partial charge in [-0.2, -0.15) is 5.10 Å². The number of nitrogens with one attached hydrogen (secondary N) is 1. The van der Waals surface area contributed by atoms with Gasteiger partial charge in [-0.3, -0.25) is 0 Å². The van der Waals surface area contributed by atoms with Crippen molar-refractivity contribution in [2.24, 2.45) is 11.1 Å². The zero-order valence-electron chi connectivity index (χ0n) is 20.4. The molecular weight excluding hydrogens is 478 g/mol. The Labute approximate surface area is 214 Å². The summed E-state index contributed by atoms with van der Waals surface area (Å²) in [7, 11) is 1.65. The second kappa shape index (κ2) is 9.79. The molecule has 1 aromatic carbocycles. The SMILES string of the molecule is COc1ccc(Cn2nc(Nc3ccnc(N)c3Cl)c3ncc(N4CCC(C)(CN)CC4)nc32)cc1. The maximum absolute atomic E-state index is 6.37. The van der Waals surface area contributed by atoms with Crippen LogP contribution in [0.4, 0.5) is 23.1 Å². The minimum atomic E-state index is 0.174. The van der Waals surface area contributed by atoms with Crippen LogP contribution in [0.25, 0.3) is 11.2 Å². The normalized spacial score (nSPS) is 15.3. The Balaban J connectivity index is 1.51. The largest absolute Gasteiger partial charge is 0.497 e. The van der Waals surface area contributed by atoms with E-state index in [9.17, 15) is 0 Å². The van der Waals surface area contributed by atoms with Crippen LogP contribution in [0, 0.1) is 5.41 Å². The maximum atomic E-state index is 6.37. The highest BCUT2D eigenvalue weighted by Crippen LogP contribution is 2.34. The monoisotopic (exact) mass is 507 g/mol. The number of piperidine rings is 1. The van der Waals surface area contributed by atoms with Gasteiger partial charge in [0, 0.05) is 19.3 Å². The molecule has 36 heavy (non-hydrogen) atoms. The molecule has 1 fully saturated rings. The number of nitrogen functional groups attached to an aromatic ring is 1. The molecule has 4 aromatic rings. The van der Waals surface area contributed by atoms with Crippen LogP contribution in [0.3, 0.4) is 0 Å². The van der Waals surface area contributed by atoms with Gasteiger partial charge in [0.2, 0.25) is 0 Å². The summed E-state index contributed by atoms with van der Waals surface area (Å²) in [5, 5.41) is 8.40. The van der Waals surface area contributed by atoms with Gasteiger partial charge in [-0.15, -0.1) is 0 Å². The summed E-state index contributed by atoms with van der Waals surface area (Å²) >= 11 is 6.37. The lowest BCUT2D eigenvalue weighted by molar-refractivity contribution is 0.258. The first-order chi connectivity index (χ1) is 17.4. The number of pyridine rings is 1. The smallest absolute Gasteiger partial charge is 0.181 e. The van der Waals surface area contributed by atoms with E-state index in [1.807, 2.05) is 28.9 Å². The predicted octanol–water partition coefficient (Wildman–Crippen LogP) is 3.82. The summed E-state index contributed by atoms with van der Waals surface area (Å²) < 4.78 is 7.14. The van der Waals surface area contributed by atoms with Crippen molar-refractivity contribution in [3.63, 3.8) is 0 Å². The molecule has 188 valence electrons. The molecule has 0 aliphatic carbocycles. The van der Waals surface area contributed by atoms with E-state index in [0.29, 0.717) is 40.8 Å². The van der Waals surface area contributed by atoms with E-state index in [4.69, 9.17) is 42.9 Å². The fourth-order valence-electron chi connectivity index (χ4n) is 4.35. The standard InChI is InChI=1S/C25H30ClN9O/c1-25(15-27)8-11-34(12-9-25)19-13-30-21-23(31-18-7-10-29-22(28)20(18)26)33-35(24(21)32-19)14-16-3-5-17(36-2)6-4-16/h3-7,10,13H,8-9,11-12,14-15,27H2,1-2H3,(H3,28,29,31,33). The second-order valence-corrected chi connectivity index (χ2v) is 9.82. The van der Waals surface area contributed by atoms with E-state index < -0.39 is 0 Å². The van der Waals surface area contributed by atoms with Crippen molar-refractivity contribution in [2.75, 3.05) is 42.7 Å². The minimum Gasteiger partial charge on any atom is -0.497 e. The number of hydrogen-bond donors (Lipinski definition) is 3. The quantitative estimate of drug-likeness (QED) is 0.341. The summed E-state index contributed by atoms with van der Waals surface area (Å²) in [6.45, 7) is 5.22. The first kappa shape index (κ1) is 24.1. The second-order valence-electron chi connectivity index (χ2n) is 9.44. The van der Waals surface area contributed by atoms with Crippen LogP contribution >= 0.6 is 11.6 Å². The Morgan fingerprint density at radius 3 is 2.58 bits per heavy atom. The molecule has 5 rings (SSSR count). The van der Waals surface area contributed by atoms with Crippen LogP contribution in [-0.4, -0.2) is 51.5 Å². The van der Waals surface area contributed by atoms with Crippen LogP contribution in [0.2, 0.25) is 5.02 Å². The average Bonchev–Trinajstić information content (AvgIpc) is 3.23. The van der Waals surface area contributed by atoms with Gasteiger partial charge in [-0.1, -0.05) is 30.7 Å². The third-order valence-corrected chi connectivity index (χ3v) is 7.28. The molecule has 1 aliphatic rings. The van der Waals surface area contributed by atoms with Gasteiger partial charge in [0.25, 0.3) is 0 Å². The summed E-state index contributed by atoms with van der Waals surface area (Å²) in [6.07, 6.45) is 5.43. The molecule has 0 radical (unpaired) electrons. The number of aromatic nitrogens is 5. The van der Waals surface area contributed by atoms with Crippen LogP contribution in [-0.2, 0) is 6.54 Å². The Morgan fingerprint density at radius 2 is 1.89 bits per heavy atom. The molecule has 0 amide bonds. The van der Waals surface area contributed by atoms with Crippen molar-refractivity contribution in [1.29, 1.82) is 0 Å². The van der Waals surface area contributed by atoms with Crippen molar-refractivity contribution < 1.29 is 4.74 Å². The van der Waals surface area contributed by atoms with E-state index >= 15 is 0 Å². The number of benzene rings is 1. The zero-order chi connectivity index (χ0) is 25.3. The van der Waals surface area contributed by atoms with Gasteiger partial charge in [0.15, 0.2) is 17.0 Å². The maximum Gasteiger partial charge on any atom is 0.181 e. The fraction of sp³-hybridized carbons (Fsp3) is 0.360. The first-order valence-corrected chi connectivity index (χ1v) is 12.3. The number of nitrogens with two attached hydrogens (primary N) is 2. The van der Waals surface area contributed by atoms with Crippen molar-refractivity contribution in [2.45, 2.75) is 26.3 Å². The van der Waals surface area contributed by atoms with Gasteiger partial charge in [-0.05, 0) is 48.6 Å². The van der Waals surface area contributed by atoms with Gasteiger partial charge < -0.3 is 26.4 Å². The molecule has 0 spiro atoms. The molecule has 3 aromatic heterocycles. The number of methoxy groups -OCH3 is 1. The minimum absolute atomic E-state index is 0.174. The molecule has 0 bridgehead atoms. The average molecular weight is 508 g/mol. The van der Waals surface area contributed by atoms with E-state index in [1.165, 1.54) is 0 Å². The van der Waals surface area contributed by atoms with Gasteiger partial charge in [0.1, 0.15) is 22.4 Å². The molecule has 0 saturated carbocycles. The Morgan fingerprint density at radius 1 is 1.14 bits per heavy atom. The lowest BCUT2D eigenvalue weighted by Gasteiger charge is -2.39. The van der Waals surface area contributed by atoms with Gasteiger partial charge >= 0.3 is 0 Å². The number of nitrogens with zero attached hydrogens (tertiary/aromatic N) is 6. The van der Waals surface area contributed by atoms with Crippen molar-refractivity contribution in [3.05, 3.63) is 53.3 Å². The molecule has 5 N–H and O–H groups in total. The van der Waals surface area contributed by atoms with E-state index in [-0.39, 0.29) is 11.2 Å². The van der Waals surface area contributed by atoms with Gasteiger partial charge in [-0.25, -0.2) is 19.6 Å². The molecular formula is C25H30ClN9O. The number of rotatable bonds is 7. The van der Waals surface area contributed by atoms with Crippen molar-refractivity contribution in [1.82, 2.24) is 24.7 Å². The summed E-state index contributed by atoms with van der Waals surface area (Å²) in [5.41, 5.74) is 15.0. The molecule has 1 aliphatic heterocycles. The van der Waals surface area contributed by atoms with Crippen molar-refractivity contribution >= 4 is 45.9 Å². The highest BCUT2D eigenvalue weighted by atomic mass is 35.5. The van der Waals surface area contributed by atoms with Crippen LogP contribution < -0.4 is 26.4 Å². The van der Waals surface area contributed by atoms with E-state index in [1.54, 1.807) is 25.6 Å². The highest BCUT2D eigenvalue weighted by molar-refractivity contribution is 6.35. The summed E-state index contributed by atoms with van der Waals surface area (Å²) in [6, 6.07) is 9.62. The molecule has 0 atom stereocenters. The molecule has 1 saturated heterocycles. The Bertz CT molecular complexity index is 1360. The van der Waals surface area contributed by atoms with Gasteiger partial charge in [0.05, 0.1) is 25.5 Å². The van der Waals surface area contributed by atoms with Crippen LogP contribution in [0.1, 0.15) is 25.3 Å². The number of anilines is 4. The van der Waals surface area contributed by atoms with Crippen LogP contribution in [0.5, 0.6) is 5.75 Å². The lowest BCUT2D eigenvalue weighted by atomic mass is 9.80. The number of ether oxygens (including phenoxy) is 1. The summed E-state index contributed by atoms with van der Waals surface area (Å²) in [5.74, 6) is 2.41. The third-order valence-electron chi connectivity index (χ3n) is 6.88. The number of fused-ring (bicyclic) bond motifs is 1. The lowest BCUT2D eigenvalue weighted by Crippen LogP contribution is -2.42. The first-order valence-electron chi connectivity index (χ1n) is 11.9. The highest BCUT2D eigenvalue weighted by Gasteiger charge is 2.29. The topological polar surface area (TPSA) is 133 Å². The van der Waals surface area contributed by atoms with E-state index in [0.717, 1.165) is 43.1 Å². The summed E-state index contributed by atoms with van der Waals surface area (Å²) in [4.78, 5) is 16.1. The predicted molar refractivity (Wildman–Crippen MR) is 143 cm³/mol. The van der Waals surface area contributed by atoms with Crippen LogP contribution in [0.15, 0.2) is 42.7 Å². The number of hydrogen-bond acceptors (Lipinski definition) is 9. The molecule has 11 heteroatoms. The Hall–Kier alpha value is -3.63. The van der Waals surface area contributed by atoms with E-state index in [2.05, 4.69) is 22.1 Å². The third kappa shape index (κ3) is 4.74. The zero-order valence-corrected chi connectivity index (χ0v) is 21.2. The fourth-order valence-corrected chi connectivity index (χ4v) is 4.51. The molecule has 4 heterocycles.